The fraction of sp³-hybridized carbons (Fsp3) is 0.157. The van der Waals surface area contributed by atoms with Gasteiger partial charge in [-0.2, -0.15) is 0 Å². The number of hydrogen-bond acceptors (Lipinski definition) is 5. The molecule has 0 bridgehead atoms. The van der Waals surface area contributed by atoms with Crippen molar-refractivity contribution in [1.82, 2.24) is 4.90 Å². The second-order valence-corrected chi connectivity index (χ2v) is 15.1. The van der Waals surface area contributed by atoms with Gasteiger partial charge in [0.1, 0.15) is 12.0 Å². The van der Waals surface area contributed by atoms with Gasteiger partial charge in [0.2, 0.25) is 0 Å². The Morgan fingerprint density at radius 3 is 2.14 bits per heavy atom. The summed E-state index contributed by atoms with van der Waals surface area (Å²) in [5, 5.41) is 0. The number of fused-ring (bicyclic) bond motifs is 3. The zero-order chi connectivity index (χ0) is 37.6. The molecule has 2 aliphatic carbocycles. The number of hydrogen-bond donors (Lipinski definition) is 0. The van der Waals surface area contributed by atoms with Crippen molar-refractivity contribution in [3.05, 3.63) is 202 Å². The van der Waals surface area contributed by atoms with Gasteiger partial charge in [-0.15, -0.1) is 0 Å². The van der Waals surface area contributed by atoms with E-state index >= 15 is 0 Å². The number of anilines is 1. The van der Waals surface area contributed by atoms with E-state index in [1.807, 2.05) is 0 Å². The van der Waals surface area contributed by atoms with E-state index in [9.17, 15) is 0 Å². The van der Waals surface area contributed by atoms with Crippen LogP contribution in [0.3, 0.4) is 0 Å². The summed E-state index contributed by atoms with van der Waals surface area (Å²) in [4.78, 5) is 20.8. The molecule has 0 N–H and O–H groups in total. The molecule has 2 atom stereocenters. The first-order chi connectivity index (χ1) is 27.6. The Morgan fingerprint density at radius 2 is 1.30 bits per heavy atom. The van der Waals surface area contributed by atoms with Gasteiger partial charge in [-0.3, -0.25) is 0 Å². The largest absolute Gasteiger partial charge is 0.360 e. The van der Waals surface area contributed by atoms with Crippen molar-refractivity contribution in [3.63, 3.8) is 0 Å². The predicted octanol–water partition coefficient (Wildman–Crippen LogP) is 11.4. The van der Waals surface area contributed by atoms with E-state index < -0.39 is 0 Å². The molecular formula is C51H43N5. The third-order valence-electron chi connectivity index (χ3n) is 11.7. The summed E-state index contributed by atoms with van der Waals surface area (Å²) >= 11 is 0. The predicted molar refractivity (Wildman–Crippen MR) is 233 cm³/mol. The second kappa shape index (κ2) is 14.2. The third kappa shape index (κ3) is 6.00. The lowest BCUT2D eigenvalue weighted by atomic mass is 9.91. The fourth-order valence-corrected chi connectivity index (χ4v) is 8.85. The van der Waals surface area contributed by atoms with Crippen LogP contribution >= 0.6 is 0 Å². The van der Waals surface area contributed by atoms with Crippen LogP contribution in [-0.2, 0) is 12.8 Å². The minimum absolute atomic E-state index is 0.0119. The van der Waals surface area contributed by atoms with E-state index in [2.05, 4.69) is 188 Å². The monoisotopic (exact) mass is 725 g/mol. The van der Waals surface area contributed by atoms with Gasteiger partial charge in [0.25, 0.3) is 0 Å². The van der Waals surface area contributed by atoms with E-state index in [0.717, 1.165) is 82.3 Å². The molecule has 56 heavy (non-hydrogen) atoms. The molecule has 0 fully saturated rings. The fourth-order valence-electron chi connectivity index (χ4n) is 8.85. The smallest absolute Gasteiger partial charge is 0.160 e. The highest BCUT2D eigenvalue weighted by atomic mass is 15.3. The molecule has 6 aromatic carbocycles. The van der Waals surface area contributed by atoms with Crippen molar-refractivity contribution in [2.24, 2.45) is 15.0 Å². The lowest BCUT2D eigenvalue weighted by Crippen LogP contribution is -2.36. The van der Waals surface area contributed by atoms with Crippen LogP contribution in [0.25, 0.3) is 23.3 Å². The molecule has 2 unspecified atom stereocenters. The summed E-state index contributed by atoms with van der Waals surface area (Å²) in [5.41, 5.74) is 16.4. The zero-order valence-corrected chi connectivity index (χ0v) is 31.8. The lowest BCUT2D eigenvalue weighted by Gasteiger charge is -2.36. The molecule has 0 radical (unpaired) electrons. The topological polar surface area (TPSA) is 43.6 Å². The number of nitrogens with zero attached hydrogens (tertiary/aromatic N) is 5. The molecule has 0 aromatic heterocycles. The third-order valence-corrected chi connectivity index (χ3v) is 11.7. The Hall–Kier alpha value is -6.59. The van der Waals surface area contributed by atoms with Crippen molar-refractivity contribution < 1.29 is 0 Å². The lowest BCUT2D eigenvalue weighted by molar-refractivity contribution is 0.382. The highest BCUT2D eigenvalue weighted by molar-refractivity contribution is 6.15. The van der Waals surface area contributed by atoms with Crippen LogP contribution < -0.4 is 4.90 Å². The minimum Gasteiger partial charge on any atom is -0.360 e. The summed E-state index contributed by atoms with van der Waals surface area (Å²) in [7, 11) is 4.32. The SMILES string of the molecule is CN1C(c2cccc3c2CCC=C3)=NC(c2cccc3c2C=CCC3)=NC1c1ccc(-c2ccc3c(c2)N=C(c2ccccc2)C(c2ccccc2)N3C)cc1. The molecule has 272 valence electrons. The summed E-state index contributed by atoms with van der Waals surface area (Å²) in [5.74, 6) is 1.76. The van der Waals surface area contributed by atoms with Gasteiger partial charge in [-0.05, 0) is 87.9 Å². The highest BCUT2D eigenvalue weighted by Crippen LogP contribution is 2.43. The maximum Gasteiger partial charge on any atom is 0.160 e. The van der Waals surface area contributed by atoms with Crippen LogP contribution in [0, 0.1) is 0 Å². The number of likely N-dealkylation sites (N-methyl/N-ethyl adjacent to an activating group) is 1. The maximum absolute atomic E-state index is 5.42. The number of rotatable bonds is 6. The minimum atomic E-state index is -0.241. The van der Waals surface area contributed by atoms with Gasteiger partial charge in [0.05, 0.1) is 23.1 Å². The Morgan fingerprint density at radius 1 is 0.571 bits per heavy atom. The highest BCUT2D eigenvalue weighted by Gasteiger charge is 2.32. The molecule has 5 nitrogen and oxygen atoms in total. The van der Waals surface area contributed by atoms with Gasteiger partial charge >= 0.3 is 0 Å². The molecule has 0 saturated heterocycles. The molecule has 6 aromatic rings. The average Bonchev–Trinajstić information content (AvgIpc) is 3.26. The van der Waals surface area contributed by atoms with E-state index in [1.54, 1.807) is 0 Å². The first-order valence-electron chi connectivity index (χ1n) is 19.7. The first-order valence-corrected chi connectivity index (χ1v) is 19.7. The van der Waals surface area contributed by atoms with Crippen molar-refractivity contribution in [2.75, 3.05) is 19.0 Å². The Labute approximate surface area is 329 Å². The molecule has 5 heteroatoms. The Kier molecular flexibility index (Phi) is 8.63. The van der Waals surface area contributed by atoms with Crippen LogP contribution in [0.2, 0.25) is 0 Å². The van der Waals surface area contributed by atoms with Gasteiger partial charge < -0.3 is 9.80 Å². The Balaban J connectivity index is 1.03. The molecule has 10 rings (SSSR count). The number of aliphatic imine (C=N–C) groups is 3. The van der Waals surface area contributed by atoms with Gasteiger partial charge in [0.15, 0.2) is 5.84 Å². The maximum atomic E-state index is 5.42. The summed E-state index contributed by atoms with van der Waals surface area (Å²) < 4.78 is 0. The van der Waals surface area contributed by atoms with Crippen molar-refractivity contribution in [2.45, 2.75) is 37.9 Å². The normalized spacial score (nSPS) is 18.4. The summed E-state index contributed by atoms with van der Waals surface area (Å²) in [6.07, 6.45) is 13.0. The van der Waals surface area contributed by atoms with Crippen LogP contribution in [0.5, 0.6) is 0 Å². The van der Waals surface area contributed by atoms with Gasteiger partial charge in [-0.1, -0.05) is 152 Å². The van der Waals surface area contributed by atoms with Crippen molar-refractivity contribution >= 4 is 40.9 Å². The number of aryl methyl sites for hydroxylation is 1. The molecule has 2 aliphatic heterocycles. The van der Waals surface area contributed by atoms with Crippen molar-refractivity contribution in [3.8, 4) is 11.1 Å². The number of allylic oxidation sites excluding steroid dienone is 2. The van der Waals surface area contributed by atoms with Gasteiger partial charge in [0, 0.05) is 25.2 Å². The molecule has 2 heterocycles. The standard InChI is InChI=1S/C51H43N5/c1-55-46-32-31-40(33-45(46)52-47(37-17-5-3-6-18-37)48(55)38-19-7-4-8-20-38)34-27-29-39(30-28-34)50-53-49(43-25-13-21-35-15-9-11-23-41(35)43)54-51(56(50)2)44-26-14-22-36-16-10-12-24-42(36)44/h3-8,10-11,13-14,16-23,25-33,48,50H,9,12,15,24H2,1-2H3. The van der Waals surface area contributed by atoms with E-state index in [1.165, 1.54) is 33.4 Å². The van der Waals surface area contributed by atoms with Crippen LogP contribution in [0.4, 0.5) is 11.4 Å². The van der Waals surface area contributed by atoms with E-state index in [-0.39, 0.29) is 12.2 Å². The first kappa shape index (κ1) is 33.9. The summed E-state index contributed by atoms with van der Waals surface area (Å²) in [6, 6.07) is 50.1. The van der Waals surface area contributed by atoms with Crippen molar-refractivity contribution in [1.29, 1.82) is 0 Å². The number of benzene rings is 6. The average molecular weight is 726 g/mol. The molecule has 4 aliphatic rings. The molecule has 0 spiro atoms. The van der Waals surface area contributed by atoms with Crippen LogP contribution in [0.1, 0.15) is 75.1 Å². The molecule has 0 amide bonds. The quantitative estimate of drug-likeness (QED) is 0.172. The molecular weight excluding hydrogens is 683 g/mol. The zero-order valence-electron chi connectivity index (χ0n) is 31.8. The Bertz CT molecular complexity index is 2610. The number of amidine groups is 2. The van der Waals surface area contributed by atoms with E-state index in [4.69, 9.17) is 15.0 Å². The van der Waals surface area contributed by atoms with Crippen LogP contribution in [-0.4, -0.2) is 36.4 Å². The molecule has 0 saturated carbocycles. The summed E-state index contributed by atoms with van der Waals surface area (Å²) in [6.45, 7) is 0. The second-order valence-electron chi connectivity index (χ2n) is 15.1. The van der Waals surface area contributed by atoms with Crippen LogP contribution in [0.15, 0.2) is 167 Å². The van der Waals surface area contributed by atoms with E-state index in [0.29, 0.717) is 0 Å². The van der Waals surface area contributed by atoms with Gasteiger partial charge in [-0.25, -0.2) is 15.0 Å².